The molecule has 3 aliphatic rings. The Morgan fingerprint density at radius 3 is 2.46 bits per heavy atom. The van der Waals surface area contributed by atoms with Gasteiger partial charge in [0.05, 0.1) is 29.0 Å². The van der Waals surface area contributed by atoms with E-state index in [0.717, 1.165) is 0 Å². The molecule has 1 aromatic carbocycles. The summed E-state index contributed by atoms with van der Waals surface area (Å²) in [6, 6.07) is 11.1. The first-order chi connectivity index (χ1) is 12.2. The highest BCUT2D eigenvalue weighted by atomic mass is 16.7. The molecule has 0 aliphatic carbocycles. The van der Waals surface area contributed by atoms with Crippen LogP contribution in [0, 0.1) is 66.3 Å². The van der Waals surface area contributed by atoms with Crippen LogP contribution in [0.2, 0.25) is 0 Å². The van der Waals surface area contributed by atoms with E-state index in [1.807, 2.05) is 18.2 Å². The van der Waals surface area contributed by atoms with Crippen LogP contribution >= 0.6 is 0 Å². The van der Waals surface area contributed by atoms with Gasteiger partial charge in [-0.1, -0.05) is 19.1 Å². The molecule has 3 aliphatic heterocycles. The lowest BCUT2D eigenvalue weighted by Crippen LogP contribution is -2.71. The third kappa shape index (κ3) is 1.77. The monoisotopic (exact) mass is 351 g/mol. The van der Waals surface area contributed by atoms with Gasteiger partial charge in [0.25, 0.3) is 5.69 Å². The van der Waals surface area contributed by atoms with Crippen molar-refractivity contribution in [2.45, 2.75) is 25.7 Å². The van der Waals surface area contributed by atoms with Gasteiger partial charge >= 0.3 is 0 Å². The van der Waals surface area contributed by atoms with Crippen LogP contribution in [-0.4, -0.2) is 16.6 Å². The highest BCUT2D eigenvalue weighted by Gasteiger charge is 2.78. The number of fused-ring (bicyclic) bond motifs is 3. The highest BCUT2D eigenvalue weighted by Crippen LogP contribution is 2.66. The molecule has 0 aromatic heterocycles. The molecule has 4 rings (SSSR count). The third-order valence-electron chi connectivity index (χ3n) is 5.38. The molecule has 3 heterocycles. The van der Waals surface area contributed by atoms with Crippen molar-refractivity contribution >= 4 is 11.6 Å². The number of nitrogens with zero attached hydrogens (tertiary/aromatic N) is 4. The van der Waals surface area contributed by atoms with E-state index in [-0.39, 0.29) is 11.3 Å². The van der Waals surface area contributed by atoms with E-state index in [9.17, 15) is 25.9 Å². The molecule has 0 spiro atoms. The molecular formula is C17H13N5O4. The summed E-state index contributed by atoms with van der Waals surface area (Å²) in [6.45, 7) is 3.04. The Hall–Kier alpha value is -3.48. The van der Waals surface area contributed by atoms with E-state index in [4.69, 9.17) is 14.9 Å². The van der Waals surface area contributed by atoms with Crippen molar-refractivity contribution in [3.05, 3.63) is 39.9 Å². The molecule has 0 saturated carbocycles. The molecule has 3 saturated heterocycles. The van der Waals surface area contributed by atoms with Gasteiger partial charge in [-0.3, -0.25) is 15.5 Å². The molecule has 2 bridgehead atoms. The van der Waals surface area contributed by atoms with Gasteiger partial charge in [-0.05, 0) is 5.56 Å². The fourth-order valence-electron chi connectivity index (χ4n) is 3.77. The minimum absolute atomic E-state index is 0.224. The van der Waals surface area contributed by atoms with Gasteiger partial charge < -0.3 is 9.47 Å². The summed E-state index contributed by atoms with van der Waals surface area (Å²) < 4.78 is 11.4. The first kappa shape index (κ1) is 17.3. The number of nitrogens with one attached hydrogen (secondary N) is 1. The molecule has 1 N–H and O–H groups in total. The molecule has 4 atom stereocenters. The Kier molecular flexibility index (Phi) is 3.51. The number of ether oxygens (including phenoxy) is 2. The van der Waals surface area contributed by atoms with Gasteiger partial charge in [0.15, 0.2) is 10.8 Å². The third-order valence-corrected chi connectivity index (χ3v) is 5.38. The van der Waals surface area contributed by atoms with E-state index >= 15 is 0 Å². The van der Waals surface area contributed by atoms with Crippen molar-refractivity contribution in [1.82, 2.24) is 0 Å². The Morgan fingerprint density at radius 1 is 1.27 bits per heavy atom. The zero-order valence-corrected chi connectivity index (χ0v) is 13.9. The zero-order valence-electron chi connectivity index (χ0n) is 13.9. The minimum Gasteiger partial charge on any atom is -0.448 e. The lowest BCUT2D eigenvalue weighted by atomic mass is 9.51. The van der Waals surface area contributed by atoms with Crippen molar-refractivity contribution < 1.29 is 14.4 Å². The SMILES string of the molecule is C[C@H]1C(C#N)(C#N)[C@@]2(C#N)C(=N)O[C@@]1(C)O[C@@H]2c1cccc([N+](=O)[O-])c1. The second kappa shape index (κ2) is 5.26. The van der Waals surface area contributed by atoms with Gasteiger partial charge in [-0.2, -0.15) is 15.8 Å². The van der Waals surface area contributed by atoms with E-state index in [1.54, 1.807) is 6.92 Å². The van der Waals surface area contributed by atoms with Gasteiger partial charge in [-0.25, -0.2) is 0 Å². The molecule has 3 fully saturated rings. The number of benzene rings is 1. The normalized spacial score (nSPS) is 34.0. The van der Waals surface area contributed by atoms with E-state index in [1.165, 1.54) is 31.2 Å². The Bertz CT molecular complexity index is 941. The summed E-state index contributed by atoms with van der Waals surface area (Å²) in [5, 5.41) is 49.0. The van der Waals surface area contributed by atoms with Crippen LogP contribution in [0.4, 0.5) is 5.69 Å². The molecule has 26 heavy (non-hydrogen) atoms. The number of hydrogen-bond acceptors (Lipinski definition) is 8. The Balaban J connectivity index is 2.32. The van der Waals surface area contributed by atoms with Gasteiger partial charge in [0.1, 0.15) is 6.10 Å². The van der Waals surface area contributed by atoms with Crippen LogP contribution in [0.3, 0.4) is 0 Å². The van der Waals surface area contributed by atoms with Crippen molar-refractivity contribution in [3.63, 3.8) is 0 Å². The summed E-state index contributed by atoms with van der Waals surface area (Å²) in [7, 11) is 0. The van der Waals surface area contributed by atoms with E-state index in [2.05, 4.69) is 0 Å². The quantitative estimate of drug-likeness (QED) is 0.633. The largest absolute Gasteiger partial charge is 0.448 e. The van der Waals surface area contributed by atoms with Crippen molar-refractivity contribution in [1.29, 1.82) is 21.2 Å². The molecule has 0 unspecified atom stereocenters. The lowest BCUT2D eigenvalue weighted by Gasteiger charge is -2.60. The molecule has 0 amide bonds. The van der Waals surface area contributed by atoms with Crippen molar-refractivity contribution in [2.75, 3.05) is 0 Å². The first-order valence-electron chi connectivity index (χ1n) is 7.66. The average molecular weight is 351 g/mol. The second-order valence-corrected chi connectivity index (χ2v) is 6.47. The summed E-state index contributed by atoms with van der Waals surface area (Å²) in [5.74, 6) is -2.89. The summed E-state index contributed by atoms with van der Waals surface area (Å²) in [6.07, 6.45) is -1.24. The van der Waals surface area contributed by atoms with Gasteiger partial charge in [-0.15, -0.1) is 0 Å². The first-order valence-corrected chi connectivity index (χ1v) is 7.66. The lowest BCUT2D eigenvalue weighted by molar-refractivity contribution is -0.385. The molecule has 0 radical (unpaired) electrons. The topological polar surface area (TPSA) is 157 Å². The molecule has 130 valence electrons. The molecule has 9 nitrogen and oxygen atoms in total. The maximum absolute atomic E-state index is 11.1. The van der Waals surface area contributed by atoms with Crippen LogP contribution < -0.4 is 0 Å². The summed E-state index contributed by atoms with van der Waals surface area (Å²) in [4.78, 5) is 10.5. The molecule has 9 heteroatoms. The second-order valence-electron chi connectivity index (χ2n) is 6.47. The Labute approximate surface area is 148 Å². The summed E-state index contributed by atoms with van der Waals surface area (Å²) >= 11 is 0. The van der Waals surface area contributed by atoms with E-state index in [0.29, 0.717) is 0 Å². The fourth-order valence-corrected chi connectivity index (χ4v) is 3.77. The predicted molar refractivity (Wildman–Crippen MR) is 85.0 cm³/mol. The number of nitriles is 3. The van der Waals surface area contributed by atoms with Crippen LogP contribution in [-0.2, 0) is 9.47 Å². The molecular weight excluding hydrogens is 338 g/mol. The number of rotatable bonds is 2. The minimum atomic E-state index is -2.05. The summed E-state index contributed by atoms with van der Waals surface area (Å²) in [5.41, 5.74) is -3.98. The predicted octanol–water partition coefficient (Wildman–Crippen LogP) is 2.57. The zero-order chi connectivity index (χ0) is 19.3. The highest BCUT2D eigenvalue weighted by molar-refractivity contribution is 5.88. The maximum atomic E-state index is 11.1. The number of hydrogen-bond donors (Lipinski definition) is 1. The van der Waals surface area contributed by atoms with Crippen LogP contribution in [0.1, 0.15) is 25.5 Å². The van der Waals surface area contributed by atoms with Gasteiger partial charge in [0, 0.05) is 19.1 Å². The fraction of sp³-hybridized carbons (Fsp3) is 0.412. The van der Waals surface area contributed by atoms with Crippen LogP contribution in [0.15, 0.2) is 24.3 Å². The van der Waals surface area contributed by atoms with Crippen LogP contribution in [0.25, 0.3) is 0 Å². The molecule has 1 aromatic rings. The number of nitro groups is 1. The van der Waals surface area contributed by atoms with Gasteiger partial charge in [0.2, 0.25) is 11.7 Å². The van der Waals surface area contributed by atoms with Crippen molar-refractivity contribution in [2.24, 2.45) is 16.7 Å². The van der Waals surface area contributed by atoms with Crippen molar-refractivity contribution in [3.8, 4) is 18.2 Å². The standard InChI is InChI=1S/C17H13N5O4/c1-10-15(2)25-13(11-4-3-5-12(6-11)22(23)24)17(9-20,14(21)26-15)16(10,7-18)8-19/h3-6,10,13,21H,1-2H3/t10-,13-,15-,17-/m1/s1. The number of non-ortho nitro benzene ring substituents is 1. The van der Waals surface area contributed by atoms with E-state index < -0.39 is 39.5 Å². The smallest absolute Gasteiger partial charge is 0.269 e. The Morgan fingerprint density at radius 2 is 1.92 bits per heavy atom. The van der Waals surface area contributed by atoms with Crippen LogP contribution in [0.5, 0.6) is 0 Å². The maximum Gasteiger partial charge on any atom is 0.269 e. The average Bonchev–Trinajstić information content (AvgIpc) is 2.63. The number of nitro benzene ring substituents is 1.